The van der Waals surface area contributed by atoms with Crippen molar-refractivity contribution >= 4 is 0 Å². The fourth-order valence-corrected chi connectivity index (χ4v) is 2.16. The van der Waals surface area contributed by atoms with Crippen LogP contribution in [-0.2, 0) is 0 Å². The van der Waals surface area contributed by atoms with Crippen molar-refractivity contribution in [3.05, 3.63) is 47.0 Å². The Hall–Kier alpha value is -1.08. The van der Waals surface area contributed by atoms with Crippen LogP contribution in [0.2, 0.25) is 0 Å². The molecule has 0 amide bonds. The summed E-state index contributed by atoms with van der Waals surface area (Å²) in [6.45, 7) is 10.6. The molecule has 88 valence electrons. The van der Waals surface area contributed by atoms with Gasteiger partial charge in [0.25, 0.3) is 0 Å². The van der Waals surface area contributed by atoms with E-state index in [1.54, 1.807) is 0 Å². The van der Waals surface area contributed by atoms with E-state index in [0.717, 1.165) is 12.8 Å². The van der Waals surface area contributed by atoms with Gasteiger partial charge in [-0.2, -0.15) is 0 Å². The van der Waals surface area contributed by atoms with Gasteiger partial charge in [-0.25, -0.2) is 0 Å². The van der Waals surface area contributed by atoms with Gasteiger partial charge in [0.1, 0.15) is 0 Å². The standard InChI is InChI=1S/C15H23N/c1-6-11(2)10-14(16-5)15-12(3)8-7-9-13(15)4/h7-9,14,16H,2,6,10H2,1,3-5H3. The Bertz CT molecular complexity index is 345. The second-order valence-electron chi connectivity index (χ2n) is 4.45. The van der Waals surface area contributed by atoms with E-state index in [-0.39, 0.29) is 0 Å². The summed E-state index contributed by atoms with van der Waals surface area (Å²) >= 11 is 0. The van der Waals surface area contributed by atoms with Crippen LogP contribution in [0.15, 0.2) is 30.4 Å². The van der Waals surface area contributed by atoms with Gasteiger partial charge >= 0.3 is 0 Å². The molecule has 1 aromatic rings. The molecule has 1 heteroatoms. The van der Waals surface area contributed by atoms with Gasteiger partial charge in [0.15, 0.2) is 0 Å². The molecule has 0 bridgehead atoms. The van der Waals surface area contributed by atoms with Crippen LogP contribution in [0.3, 0.4) is 0 Å². The van der Waals surface area contributed by atoms with Crippen molar-refractivity contribution in [2.75, 3.05) is 7.05 Å². The molecule has 1 aromatic carbocycles. The Labute approximate surface area is 99.6 Å². The van der Waals surface area contributed by atoms with E-state index in [2.05, 4.69) is 50.9 Å². The van der Waals surface area contributed by atoms with Gasteiger partial charge in [0, 0.05) is 6.04 Å². The summed E-state index contributed by atoms with van der Waals surface area (Å²) in [5.74, 6) is 0. The lowest BCUT2D eigenvalue weighted by Gasteiger charge is -2.21. The zero-order valence-corrected chi connectivity index (χ0v) is 10.9. The van der Waals surface area contributed by atoms with Crippen LogP contribution in [0.25, 0.3) is 0 Å². The first kappa shape index (κ1) is 13.0. The molecule has 0 spiro atoms. The lowest BCUT2D eigenvalue weighted by atomic mass is 9.91. The number of aryl methyl sites for hydroxylation is 2. The number of rotatable bonds is 5. The first-order valence-corrected chi connectivity index (χ1v) is 6.00. The van der Waals surface area contributed by atoms with Crippen molar-refractivity contribution in [2.24, 2.45) is 0 Å². The Balaban J connectivity index is 2.99. The highest BCUT2D eigenvalue weighted by molar-refractivity contribution is 5.36. The summed E-state index contributed by atoms with van der Waals surface area (Å²) in [6, 6.07) is 6.88. The van der Waals surface area contributed by atoms with Crippen molar-refractivity contribution in [1.82, 2.24) is 5.32 Å². The number of nitrogens with one attached hydrogen (secondary N) is 1. The lowest BCUT2D eigenvalue weighted by Crippen LogP contribution is -2.19. The van der Waals surface area contributed by atoms with Crippen LogP contribution >= 0.6 is 0 Å². The molecule has 0 heterocycles. The largest absolute Gasteiger partial charge is 0.313 e. The molecule has 0 aliphatic heterocycles. The minimum atomic E-state index is 0.397. The second kappa shape index (κ2) is 5.86. The van der Waals surface area contributed by atoms with E-state index < -0.39 is 0 Å². The molecule has 0 aliphatic rings. The Kier molecular flexibility index (Phi) is 4.75. The van der Waals surface area contributed by atoms with Gasteiger partial charge in [-0.05, 0) is 50.4 Å². The molecule has 0 fully saturated rings. The van der Waals surface area contributed by atoms with Crippen LogP contribution in [0.1, 0.15) is 42.5 Å². The van der Waals surface area contributed by atoms with Gasteiger partial charge < -0.3 is 5.32 Å². The van der Waals surface area contributed by atoms with E-state index >= 15 is 0 Å². The zero-order valence-electron chi connectivity index (χ0n) is 10.9. The van der Waals surface area contributed by atoms with Gasteiger partial charge in [0.05, 0.1) is 0 Å². The molecule has 0 aliphatic carbocycles. The quantitative estimate of drug-likeness (QED) is 0.737. The van der Waals surface area contributed by atoms with Crippen molar-refractivity contribution < 1.29 is 0 Å². The zero-order chi connectivity index (χ0) is 12.1. The number of benzene rings is 1. The average molecular weight is 217 g/mol. The predicted molar refractivity (Wildman–Crippen MR) is 71.8 cm³/mol. The first-order chi connectivity index (χ1) is 7.60. The van der Waals surface area contributed by atoms with Crippen LogP contribution in [-0.4, -0.2) is 7.05 Å². The summed E-state index contributed by atoms with van der Waals surface area (Å²) in [6.07, 6.45) is 2.09. The van der Waals surface area contributed by atoms with E-state index in [1.807, 2.05) is 7.05 Å². The third kappa shape index (κ3) is 2.96. The molecule has 0 saturated carbocycles. The SMILES string of the molecule is C=C(CC)CC(NC)c1c(C)cccc1C. The van der Waals surface area contributed by atoms with Crippen LogP contribution < -0.4 is 5.32 Å². The topological polar surface area (TPSA) is 12.0 Å². The molecule has 1 rings (SSSR count). The Morgan fingerprint density at radius 2 is 1.88 bits per heavy atom. The third-order valence-electron chi connectivity index (χ3n) is 3.23. The molecular weight excluding hydrogens is 194 g/mol. The van der Waals surface area contributed by atoms with Crippen LogP contribution in [0.5, 0.6) is 0 Å². The predicted octanol–water partition coefficient (Wildman–Crippen LogP) is 3.92. The summed E-state index contributed by atoms with van der Waals surface area (Å²) in [4.78, 5) is 0. The summed E-state index contributed by atoms with van der Waals surface area (Å²) in [7, 11) is 2.03. The van der Waals surface area contributed by atoms with Crippen molar-refractivity contribution in [1.29, 1.82) is 0 Å². The fraction of sp³-hybridized carbons (Fsp3) is 0.467. The normalized spacial score (nSPS) is 12.5. The summed E-state index contributed by atoms with van der Waals surface area (Å²) < 4.78 is 0. The summed E-state index contributed by atoms with van der Waals surface area (Å²) in [5, 5.41) is 3.40. The average Bonchev–Trinajstić information content (AvgIpc) is 2.27. The molecule has 1 nitrogen and oxygen atoms in total. The maximum Gasteiger partial charge on any atom is 0.0360 e. The Morgan fingerprint density at radius 3 is 2.31 bits per heavy atom. The molecule has 0 radical (unpaired) electrons. The minimum absolute atomic E-state index is 0.397. The smallest absolute Gasteiger partial charge is 0.0360 e. The Morgan fingerprint density at radius 1 is 1.31 bits per heavy atom. The molecular formula is C15H23N. The third-order valence-corrected chi connectivity index (χ3v) is 3.23. The second-order valence-corrected chi connectivity index (χ2v) is 4.45. The maximum absolute atomic E-state index is 4.11. The highest BCUT2D eigenvalue weighted by atomic mass is 14.9. The maximum atomic E-state index is 4.11. The molecule has 1 N–H and O–H groups in total. The molecule has 16 heavy (non-hydrogen) atoms. The first-order valence-electron chi connectivity index (χ1n) is 6.00. The number of hydrogen-bond acceptors (Lipinski definition) is 1. The van der Waals surface area contributed by atoms with E-state index in [0.29, 0.717) is 6.04 Å². The van der Waals surface area contributed by atoms with Gasteiger partial charge in [-0.1, -0.05) is 37.3 Å². The van der Waals surface area contributed by atoms with Crippen LogP contribution in [0.4, 0.5) is 0 Å². The molecule has 1 atom stereocenters. The van der Waals surface area contributed by atoms with Crippen LogP contribution in [0, 0.1) is 13.8 Å². The molecule has 1 unspecified atom stereocenters. The fourth-order valence-electron chi connectivity index (χ4n) is 2.16. The van der Waals surface area contributed by atoms with Crippen molar-refractivity contribution in [3.8, 4) is 0 Å². The highest BCUT2D eigenvalue weighted by Crippen LogP contribution is 2.27. The summed E-state index contributed by atoms with van der Waals surface area (Å²) in [5.41, 5.74) is 5.47. The van der Waals surface area contributed by atoms with E-state index in [4.69, 9.17) is 0 Å². The minimum Gasteiger partial charge on any atom is -0.313 e. The molecule has 0 aromatic heterocycles. The van der Waals surface area contributed by atoms with Gasteiger partial charge in [-0.3, -0.25) is 0 Å². The van der Waals surface area contributed by atoms with E-state index in [9.17, 15) is 0 Å². The van der Waals surface area contributed by atoms with E-state index in [1.165, 1.54) is 22.3 Å². The monoisotopic (exact) mass is 217 g/mol. The van der Waals surface area contributed by atoms with Gasteiger partial charge in [0.2, 0.25) is 0 Å². The lowest BCUT2D eigenvalue weighted by molar-refractivity contribution is 0.577. The molecule has 0 saturated heterocycles. The number of hydrogen-bond donors (Lipinski definition) is 1. The van der Waals surface area contributed by atoms with Crippen molar-refractivity contribution in [2.45, 2.75) is 39.7 Å². The highest BCUT2D eigenvalue weighted by Gasteiger charge is 2.14. The van der Waals surface area contributed by atoms with Crippen molar-refractivity contribution in [3.63, 3.8) is 0 Å². The van der Waals surface area contributed by atoms with Gasteiger partial charge in [-0.15, -0.1) is 0 Å².